The number of benzene rings is 2. The predicted octanol–water partition coefficient (Wildman–Crippen LogP) is 1.84. The van der Waals surface area contributed by atoms with Crippen molar-refractivity contribution in [3.63, 3.8) is 0 Å². The number of nitrogens with zero attached hydrogens (tertiary/aromatic N) is 3. The van der Waals surface area contributed by atoms with Gasteiger partial charge in [-0.15, -0.1) is 0 Å². The summed E-state index contributed by atoms with van der Waals surface area (Å²) in [6, 6.07) is 9.37. The van der Waals surface area contributed by atoms with Gasteiger partial charge < -0.3 is 10.2 Å². The highest BCUT2D eigenvalue weighted by Gasteiger charge is 2.31. The standard InChI is InChI=1S/C16H13N3O5/c20-13-7-8-17-14(13)15(21)18(16(17)22)11-5-6-12(19(23)24)10-4-2-1-3-9(10)11/h1-6,13,20-21H,7-8H2/t13-/m1/s1. The average molecular weight is 327 g/mol. The third kappa shape index (κ3) is 1.80. The number of hydrogen-bond donors (Lipinski definition) is 2. The zero-order valence-corrected chi connectivity index (χ0v) is 12.4. The number of fused-ring (bicyclic) bond motifs is 2. The molecule has 0 spiro atoms. The van der Waals surface area contributed by atoms with E-state index < -0.39 is 16.7 Å². The van der Waals surface area contributed by atoms with Crippen molar-refractivity contribution in [3.8, 4) is 11.6 Å². The molecule has 1 aliphatic rings. The van der Waals surface area contributed by atoms with Crippen molar-refractivity contribution < 1.29 is 15.1 Å². The number of aliphatic hydroxyl groups excluding tert-OH is 1. The first-order valence-corrected chi connectivity index (χ1v) is 7.39. The fourth-order valence-electron chi connectivity index (χ4n) is 3.32. The SMILES string of the molecule is O=c1n2c(c(O)n1-c1ccc([N+](=O)[O-])c3ccccc13)[C@H](O)CC2. The number of aliphatic hydroxyl groups is 1. The Morgan fingerprint density at radius 1 is 1.17 bits per heavy atom. The van der Waals surface area contributed by atoms with Crippen LogP contribution < -0.4 is 5.69 Å². The minimum absolute atomic E-state index is 0.0753. The second-order valence-corrected chi connectivity index (χ2v) is 5.69. The monoisotopic (exact) mass is 327 g/mol. The number of nitro groups is 1. The maximum atomic E-state index is 12.6. The zero-order valence-electron chi connectivity index (χ0n) is 12.4. The van der Waals surface area contributed by atoms with Gasteiger partial charge in [0, 0.05) is 18.0 Å². The number of hydrogen-bond acceptors (Lipinski definition) is 5. The van der Waals surface area contributed by atoms with Gasteiger partial charge in [-0.05, 0) is 18.6 Å². The van der Waals surface area contributed by atoms with E-state index in [9.17, 15) is 25.1 Å². The van der Waals surface area contributed by atoms with E-state index in [4.69, 9.17) is 0 Å². The Hall–Kier alpha value is -3.13. The van der Waals surface area contributed by atoms with Crippen molar-refractivity contribution in [2.24, 2.45) is 0 Å². The first-order chi connectivity index (χ1) is 11.5. The molecule has 0 fully saturated rings. The molecule has 122 valence electrons. The fourth-order valence-corrected chi connectivity index (χ4v) is 3.32. The number of aromatic nitrogens is 2. The molecule has 0 saturated heterocycles. The summed E-state index contributed by atoms with van der Waals surface area (Å²) in [5.41, 5.74) is -0.0260. The summed E-state index contributed by atoms with van der Waals surface area (Å²) >= 11 is 0. The van der Waals surface area contributed by atoms with Crippen LogP contribution in [0.15, 0.2) is 41.2 Å². The van der Waals surface area contributed by atoms with Gasteiger partial charge in [-0.3, -0.25) is 14.7 Å². The Kier molecular flexibility index (Phi) is 2.97. The Bertz CT molecular complexity index is 1050. The van der Waals surface area contributed by atoms with Crippen LogP contribution in [-0.2, 0) is 6.54 Å². The van der Waals surface area contributed by atoms with E-state index in [0.717, 1.165) is 4.57 Å². The quantitative estimate of drug-likeness (QED) is 0.551. The summed E-state index contributed by atoms with van der Waals surface area (Å²) in [6.45, 7) is 0.320. The maximum Gasteiger partial charge on any atom is 0.336 e. The van der Waals surface area contributed by atoms with E-state index in [1.54, 1.807) is 24.3 Å². The summed E-state index contributed by atoms with van der Waals surface area (Å²) in [5.74, 6) is -0.330. The second-order valence-electron chi connectivity index (χ2n) is 5.69. The lowest BCUT2D eigenvalue weighted by Gasteiger charge is -2.09. The molecule has 4 rings (SSSR count). The summed E-state index contributed by atoms with van der Waals surface area (Å²) in [7, 11) is 0. The lowest BCUT2D eigenvalue weighted by atomic mass is 10.1. The third-order valence-electron chi connectivity index (χ3n) is 4.41. The van der Waals surface area contributed by atoms with E-state index in [2.05, 4.69) is 0 Å². The molecule has 1 atom stereocenters. The van der Waals surface area contributed by atoms with Crippen LogP contribution in [0, 0.1) is 10.1 Å². The molecule has 1 aliphatic heterocycles. The van der Waals surface area contributed by atoms with Crippen molar-refractivity contribution in [1.82, 2.24) is 9.13 Å². The number of imidazole rings is 1. The Morgan fingerprint density at radius 2 is 1.88 bits per heavy atom. The van der Waals surface area contributed by atoms with Gasteiger partial charge in [0.05, 0.1) is 16.0 Å². The molecule has 0 amide bonds. The number of aromatic hydroxyl groups is 1. The molecule has 1 aromatic heterocycles. The van der Waals surface area contributed by atoms with E-state index in [0.29, 0.717) is 29.4 Å². The molecule has 24 heavy (non-hydrogen) atoms. The highest BCUT2D eigenvalue weighted by Crippen LogP contribution is 2.36. The number of nitro benzene ring substituents is 1. The smallest absolute Gasteiger partial charge is 0.336 e. The fraction of sp³-hybridized carbons (Fsp3) is 0.188. The molecule has 0 radical (unpaired) electrons. The molecule has 2 N–H and O–H groups in total. The molecule has 0 aliphatic carbocycles. The van der Waals surface area contributed by atoms with E-state index in [-0.39, 0.29) is 17.3 Å². The van der Waals surface area contributed by atoms with Crippen LogP contribution in [0.5, 0.6) is 5.88 Å². The van der Waals surface area contributed by atoms with E-state index >= 15 is 0 Å². The van der Waals surface area contributed by atoms with Crippen LogP contribution in [0.2, 0.25) is 0 Å². The van der Waals surface area contributed by atoms with Gasteiger partial charge in [-0.25, -0.2) is 9.36 Å². The topological polar surface area (TPSA) is 111 Å². The van der Waals surface area contributed by atoms with Crippen molar-refractivity contribution in [1.29, 1.82) is 0 Å². The molecule has 0 saturated carbocycles. The molecular formula is C16H13N3O5. The van der Waals surface area contributed by atoms with Crippen LogP contribution in [-0.4, -0.2) is 24.3 Å². The molecule has 8 heteroatoms. The highest BCUT2D eigenvalue weighted by atomic mass is 16.6. The highest BCUT2D eigenvalue weighted by molar-refractivity contribution is 5.97. The van der Waals surface area contributed by atoms with Gasteiger partial charge >= 0.3 is 5.69 Å². The van der Waals surface area contributed by atoms with Gasteiger partial charge in [0.1, 0.15) is 11.8 Å². The largest absolute Gasteiger partial charge is 0.493 e. The molecular weight excluding hydrogens is 314 g/mol. The van der Waals surface area contributed by atoms with Gasteiger partial charge in [-0.1, -0.05) is 18.2 Å². The van der Waals surface area contributed by atoms with Crippen LogP contribution >= 0.6 is 0 Å². The lowest BCUT2D eigenvalue weighted by molar-refractivity contribution is -0.383. The molecule has 2 aromatic carbocycles. The third-order valence-corrected chi connectivity index (χ3v) is 4.41. The molecule has 2 heterocycles. The van der Waals surface area contributed by atoms with Crippen molar-refractivity contribution in [2.75, 3.05) is 0 Å². The first kappa shape index (κ1) is 14.5. The molecule has 3 aromatic rings. The molecule has 8 nitrogen and oxygen atoms in total. The Labute approximate surface area is 135 Å². The second kappa shape index (κ2) is 4.93. The van der Waals surface area contributed by atoms with Crippen molar-refractivity contribution in [2.45, 2.75) is 19.1 Å². The van der Waals surface area contributed by atoms with Crippen molar-refractivity contribution in [3.05, 3.63) is 62.7 Å². The van der Waals surface area contributed by atoms with E-state index in [1.165, 1.54) is 16.7 Å². The summed E-state index contributed by atoms with van der Waals surface area (Å²) in [5, 5.41) is 32.4. The van der Waals surface area contributed by atoms with Crippen LogP contribution in [0.1, 0.15) is 18.2 Å². The van der Waals surface area contributed by atoms with Gasteiger partial charge in [0.2, 0.25) is 5.88 Å². The number of rotatable bonds is 2. The van der Waals surface area contributed by atoms with Gasteiger partial charge in [0.25, 0.3) is 5.69 Å². The normalized spacial score (nSPS) is 16.5. The number of non-ortho nitro benzene ring substituents is 1. The van der Waals surface area contributed by atoms with Crippen LogP contribution in [0.4, 0.5) is 5.69 Å². The Balaban J connectivity index is 2.07. The lowest BCUT2D eigenvalue weighted by Crippen LogP contribution is -2.22. The minimum atomic E-state index is -0.900. The summed E-state index contributed by atoms with van der Waals surface area (Å²) in [4.78, 5) is 23.3. The van der Waals surface area contributed by atoms with Gasteiger partial charge in [-0.2, -0.15) is 0 Å². The molecule has 0 unspecified atom stereocenters. The molecule has 0 bridgehead atoms. The zero-order chi connectivity index (χ0) is 17.0. The summed E-state index contributed by atoms with van der Waals surface area (Å²) < 4.78 is 2.42. The maximum absolute atomic E-state index is 12.6. The Morgan fingerprint density at radius 3 is 2.54 bits per heavy atom. The van der Waals surface area contributed by atoms with E-state index in [1.807, 2.05) is 0 Å². The predicted molar refractivity (Wildman–Crippen MR) is 85.4 cm³/mol. The van der Waals surface area contributed by atoms with Gasteiger partial charge in [0.15, 0.2) is 0 Å². The average Bonchev–Trinajstić information content (AvgIpc) is 3.06. The van der Waals surface area contributed by atoms with Crippen LogP contribution in [0.25, 0.3) is 16.5 Å². The minimum Gasteiger partial charge on any atom is -0.493 e. The van der Waals surface area contributed by atoms with Crippen molar-refractivity contribution >= 4 is 16.5 Å². The first-order valence-electron chi connectivity index (χ1n) is 7.39. The van der Waals surface area contributed by atoms with Crippen LogP contribution in [0.3, 0.4) is 0 Å². The summed E-state index contributed by atoms with van der Waals surface area (Å²) in [6.07, 6.45) is -0.525.